The summed E-state index contributed by atoms with van der Waals surface area (Å²) in [6.45, 7) is 5.80. The predicted molar refractivity (Wildman–Crippen MR) is 66.1 cm³/mol. The maximum absolute atomic E-state index is 11.5. The minimum Gasteiger partial charge on any atom is -0.459 e. The number of cyclic esters (lactones) is 1. The van der Waals surface area contributed by atoms with Gasteiger partial charge in [-0.3, -0.25) is 9.69 Å². The Morgan fingerprint density at radius 3 is 2.76 bits per heavy atom. The fourth-order valence-electron chi connectivity index (χ4n) is 1.51. The molecule has 1 fully saturated rings. The van der Waals surface area contributed by atoms with E-state index in [0.717, 1.165) is 5.75 Å². The van der Waals surface area contributed by atoms with E-state index in [0.29, 0.717) is 6.54 Å². The largest absolute Gasteiger partial charge is 0.459 e. The highest BCUT2D eigenvalue weighted by Crippen LogP contribution is 2.15. The Bertz CT molecular complexity index is 300. The maximum Gasteiger partial charge on any atom is 0.410 e. The van der Waals surface area contributed by atoms with Crippen molar-refractivity contribution < 1.29 is 19.1 Å². The smallest absolute Gasteiger partial charge is 0.410 e. The lowest BCUT2D eigenvalue weighted by molar-refractivity contribution is -0.155. The number of esters is 1. The Labute approximate surface area is 106 Å². The van der Waals surface area contributed by atoms with Crippen LogP contribution in [0.1, 0.15) is 20.8 Å². The van der Waals surface area contributed by atoms with E-state index >= 15 is 0 Å². The molecule has 0 aliphatic carbocycles. The van der Waals surface area contributed by atoms with Gasteiger partial charge in [0.25, 0.3) is 0 Å². The molecule has 0 aromatic rings. The normalized spacial score (nSPS) is 20.4. The predicted octanol–water partition coefficient (Wildman–Crippen LogP) is 1.51. The molecule has 1 aliphatic rings. The van der Waals surface area contributed by atoms with Gasteiger partial charge in [0.2, 0.25) is 0 Å². The van der Waals surface area contributed by atoms with Gasteiger partial charge in [-0.1, -0.05) is 0 Å². The van der Waals surface area contributed by atoms with E-state index in [9.17, 15) is 9.59 Å². The highest BCUT2D eigenvalue weighted by atomic mass is 32.2. The summed E-state index contributed by atoms with van der Waals surface area (Å²) in [5.74, 6) is 0.343. The lowest BCUT2D eigenvalue weighted by Crippen LogP contribution is -2.35. The van der Waals surface area contributed by atoms with E-state index in [1.165, 1.54) is 4.90 Å². The summed E-state index contributed by atoms with van der Waals surface area (Å²) in [4.78, 5) is 24.4. The minimum atomic E-state index is -0.528. The number of nitrogens with zero attached hydrogens (tertiary/aromatic N) is 1. The van der Waals surface area contributed by atoms with Gasteiger partial charge < -0.3 is 9.47 Å². The number of hydrogen-bond donors (Lipinski definition) is 0. The molecule has 0 N–H and O–H groups in total. The highest BCUT2D eigenvalue weighted by molar-refractivity contribution is 7.98. The van der Waals surface area contributed by atoms with E-state index in [-0.39, 0.29) is 12.6 Å². The zero-order chi connectivity index (χ0) is 13.1. The minimum absolute atomic E-state index is 0.0407. The second-order valence-corrected chi connectivity index (χ2v) is 5.84. The zero-order valence-corrected chi connectivity index (χ0v) is 11.5. The topological polar surface area (TPSA) is 55.8 Å². The van der Waals surface area contributed by atoms with Crippen LogP contribution in [0.3, 0.4) is 0 Å². The summed E-state index contributed by atoms with van der Waals surface area (Å²) >= 11 is 1.61. The van der Waals surface area contributed by atoms with Gasteiger partial charge in [0, 0.05) is 5.75 Å². The van der Waals surface area contributed by atoms with Crippen LogP contribution in [0.2, 0.25) is 0 Å². The number of ether oxygens (including phenoxy) is 2. The lowest BCUT2D eigenvalue weighted by Gasteiger charge is -2.21. The summed E-state index contributed by atoms with van der Waals surface area (Å²) in [7, 11) is 0. The van der Waals surface area contributed by atoms with Crippen molar-refractivity contribution in [2.45, 2.75) is 32.5 Å². The standard InChI is InChI=1S/C11H19NO4S/c1-11(2,3)16-9(13)6-12-5-8(7-17-4)15-10(12)14/h8H,5-7H2,1-4H3/t8-/m1/s1. The van der Waals surface area contributed by atoms with Crippen LogP contribution in [0.4, 0.5) is 4.79 Å². The van der Waals surface area contributed by atoms with Crippen molar-refractivity contribution in [2.24, 2.45) is 0 Å². The van der Waals surface area contributed by atoms with Gasteiger partial charge in [-0.05, 0) is 27.0 Å². The average molecular weight is 261 g/mol. The van der Waals surface area contributed by atoms with Crippen LogP contribution in [-0.2, 0) is 14.3 Å². The number of rotatable bonds is 4. The first kappa shape index (κ1) is 14.2. The molecule has 1 amide bonds. The fraction of sp³-hybridized carbons (Fsp3) is 0.818. The summed E-state index contributed by atoms with van der Waals surface area (Å²) in [5.41, 5.74) is -0.528. The first-order chi connectivity index (χ1) is 7.81. The second-order valence-electron chi connectivity index (χ2n) is 4.93. The van der Waals surface area contributed by atoms with Crippen molar-refractivity contribution in [1.29, 1.82) is 0 Å². The summed E-state index contributed by atoms with van der Waals surface area (Å²) < 4.78 is 10.3. The van der Waals surface area contributed by atoms with E-state index in [2.05, 4.69) is 0 Å². The van der Waals surface area contributed by atoms with Gasteiger partial charge in [-0.2, -0.15) is 11.8 Å². The third-order valence-electron chi connectivity index (χ3n) is 2.04. The summed E-state index contributed by atoms with van der Waals surface area (Å²) in [6.07, 6.45) is 1.39. The molecule has 1 rings (SSSR count). The number of hydrogen-bond acceptors (Lipinski definition) is 5. The highest BCUT2D eigenvalue weighted by Gasteiger charge is 2.33. The molecule has 0 unspecified atom stereocenters. The number of carbonyl (C=O) groups is 2. The van der Waals surface area contributed by atoms with Gasteiger partial charge in [-0.25, -0.2) is 4.79 Å². The van der Waals surface area contributed by atoms with Crippen LogP contribution in [0.5, 0.6) is 0 Å². The van der Waals surface area contributed by atoms with Crippen LogP contribution in [-0.4, -0.2) is 53.8 Å². The van der Waals surface area contributed by atoms with E-state index in [1.54, 1.807) is 32.5 Å². The van der Waals surface area contributed by atoms with Crippen molar-refractivity contribution in [2.75, 3.05) is 25.1 Å². The molecule has 1 aliphatic heterocycles. The molecule has 0 aromatic carbocycles. The SMILES string of the molecule is CSC[C@H]1CN(CC(=O)OC(C)(C)C)C(=O)O1. The quantitative estimate of drug-likeness (QED) is 0.718. The average Bonchev–Trinajstić information content (AvgIpc) is 2.44. The molecule has 1 saturated heterocycles. The van der Waals surface area contributed by atoms with Gasteiger partial charge in [0.05, 0.1) is 6.54 Å². The number of thioether (sulfide) groups is 1. The van der Waals surface area contributed by atoms with Crippen molar-refractivity contribution in [3.63, 3.8) is 0 Å². The monoisotopic (exact) mass is 261 g/mol. The third kappa shape index (κ3) is 4.85. The molecular weight excluding hydrogens is 242 g/mol. The van der Waals surface area contributed by atoms with Gasteiger partial charge >= 0.3 is 12.1 Å². The Kier molecular flexibility index (Phi) is 4.68. The molecule has 6 heteroatoms. The van der Waals surface area contributed by atoms with Crippen molar-refractivity contribution >= 4 is 23.8 Å². The van der Waals surface area contributed by atoms with Crippen molar-refractivity contribution in [1.82, 2.24) is 4.90 Å². The number of carbonyl (C=O) groups excluding carboxylic acids is 2. The van der Waals surface area contributed by atoms with Crippen LogP contribution in [0.25, 0.3) is 0 Å². The van der Waals surface area contributed by atoms with E-state index in [1.807, 2.05) is 6.26 Å². The van der Waals surface area contributed by atoms with Crippen LogP contribution < -0.4 is 0 Å². The maximum atomic E-state index is 11.5. The molecule has 0 radical (unpaired) electrons. The molecule has 98 valence electrons. The molecule has 5 nitrogen and oxygen atoms in total. The van der Waals surface area contributed by atoms with Crippen molar-refractivity contribution in [3.8, 4) is 0 Å². The molecule has 17 heavy (non-hydrogen) atoms. The van der Waals surface area contributed by atoms with Crippen molar-refractivity contribution in [3.05, 3.63) is 0 Å². The van der Waals surface area contributed by atoms with Crippen LogP contribution >= 0.6 is 11.8 Å². The fourth-order valence-corrected chi connectivity index (χ4v) is 2.05. The van der Waals surface area contributed by atoms with Gasteiger partial charge in [0.1, 0.15) is 18.2 Å². The first-order valence-corrected chi connectivity index (χ1v) is 6.87. The molecule has 1 heterocycles. The third-order valence-corrected chi connectivity index (χ3v) is 2.75. The van der Waals surface area contributed by atoms with Gasteiger partial charge in [-0.15, -0.1) is 0 Å². The van der Waals surface area contributed by atoms with Crippen LogP contribution in [0.15, 0.2) is 0 Å². The second kappa shape index (κ2) is 5.62. The molecule has 1 atom stereocenters. The zero-order valence-electron chi connectivity index (χ0n) is 10.7. The Balaban J connectivity index is 2.42. The van der Waals surface area contributed by atoms with Crippen LogP contribution in [0, 0.1) is 0 Å². The number of amides is 1. The Morgan fingerprint density at radius 2 is 2.24 bits per heavy atom. The lowest BCUT2D eigenvalue weighted by atomic mass is 10.2. The molecular formula is C11H19NO4S. The molecule has 0 saturated carbocycles. The molecule has 0 spiro atoms. The molecule has 0 bridgehead atoms. The Hall–Kier alpha value is -0.910. The molecule has 0 aromatic heterocycles. The Morgan fingerprint density at radius 1 is 1.59 bits per heavy atom. The summed E-state index contributed by atoms with van der Waals surface area (Å²) in [5, 5.41) is 0. The summed E-state index contributed by atoms with van der Waals surface area (Å²) in [6, 6.07) is 0. The van der Waals surface area contributed by atoms with E-state index in [4.69, 9.17) is 9.47 Å². The first-order valence-electron chi connectivity index (χ1n) is 5.48. The van der Waals surface area contributed by atoms with Gasteiger partial charge in [0.15, 0.2) is 0 Å². The van der Waals surface area contributed by atoms with E-state index < -0.39 is 17.7 Å².